The van der Waals surface area contributed by atoms with Gasteiger partial charge in [0.1, 0.15) is 5.82 Å². The van der Waals surface area contributed by atoms with Gasteiger partial charge in [0.15, 0.2) is 0 Å². The molecule has 0 atom stereocenters. The van der Waals surface area contributed by atoms with Crippen LogP contribution in [0.25, 0.3) is 11.3 Å². The summed E-state index contributed by atoms with van der Waals surface area (Å²) in [6.07, 6.45) is 1.55. The number of halogens is 3. The average Bonchev–Trinajstić information content (AvgIpc) is 2.22. The van der Waals surface area contributed by atoms with Crippen molar-refractivity contribution in [2.75, 3.05) is 0 Å². The molecule has 2 rings (SSSR count). The zero-order valence-corrected chi connectivity index (χ0v) is 9.06. The van der Waals surface area contributed by atoms with Crippen LogP contribution in [0.15, 0.2) is 36.5 Å². The van der Waals surface area contributed by atoms with Crippen LogP contribution in [-0.4, -0.2) is 4.98 Å². The molecule has 4 heteroatoms. The van der Waals surface area contributed by atoms with Gasteiger partial charge in [0.25, 0.3) is 0 Å². The second-order valence-corrected chi connectivity index (χ2v) is 3.83. The quantitative estimate of drug-likeness (QED) is 0.730. The van der Waals surface area contributed by atoms with Gasteiger partial charge in [-0.15, -0.1) is 0 Å². The van der Waals surface area contributed by atoms with E-state index in [2.05, 4.69) is 4.98 Å². The van der Waals surface area contributed by atoms with Crippen LogP contribution < -0.4 is 0 Å². The lowest BCUT2D eigenvalue weighted by molar-refractivity contribution is 0.628. The number of hydrogen-bond donors (Lipinski definition) is 0. The van der Waals surface area contributed by atoms with Gasteiger partial charge in [0.2, 0.25) is 0 Å². The third-order valence-corrected chi connectivity index (χ3v) is 2.49. The molecule has 1 aromatic carbocycles. The Balaban J connectivity index is 2.58. The van der Waals surface area contributed by atoms with Gasteiger partial charge in [-0.25, -0.2) is 4.39 Å². The second kappa shape index (κ2) is 4.17. The number of rotatable bonds is 1. The summed E-state index contributed by atoms with van der Waals surface area (Å²) in [5, 5.41) is 0.992. The van der Waals surface area contributed by atoms with Crippen molar-refractivity contribution in [2.24, 2.45) is 0 Å². The SMILES string of the molecule is Fc1ccc(Cl)c(-c2cc(Cl)ccn2)c1. The molecular weight excluding hydrogens is 236 g/mol. The van der Waals surface area contributed by atoms with Crippen LogP contribution in [0.5, 0.6) is 0 Å². The van der Waals surface area contributed by atoms with Gasteiger partial charge in [0.05, 0.1) is 10.7 Å². The third-order valence-electron chi connectivity index (χ3n) is 1.93. The van der Waals surface area contributed by atoms with Gasteiger partial charge in [-0.2, -0.15) is 0 Å². The molecule has 0 radical (unpaired) electrons. The smallest absolute Gasteiger partial charge is 0.123 e. The van der Waals surface area contributed by atoms with E-state index in [1.807, 2.05) is 0 Å². The molecule has 15 heavy (non-hydrogen) atoms. The summed E-state index contributed by atoms with van der Waals surface area (Å²) in [6, 6.07) is 7.42. The van der Waals surface area contributed by atoms with E-state index in [1.165, 1.54) is 18.2 Å². The molecule has 1 nitrogen and oxygen atoms in total. The molecule has 0 unspecified atom stereocenters. The van der Waals surface area contributed by atoms with Crippen molar-refractivity contribution < 1.29 is 4.39 Å². The van der Waals surface area contributed by atoms with Gasteiger partial charge >= 0.3 is 0 Å². The normalized spacial score (nSPS) is 10.3. The van der Waals surface area contributed by atoms with Crippen molar-refractivity contribution in [2.45, 2.75) is 0 Å². The van der Waals surface area contributed by atoms with E-state index in [1.54, 1.807) is 18.3 Å². The van der Waals surface area contributed by atoms with Crippen LogP contribution in [0, 0.1) is 5.82 Å². The zero-order chi connectivity index (χ0) is 10.8. The Morgan fingerprint density at radius 2 is 1.87 bits per heavy atom. The Morgan fingerprint density at radius 3 is 2.60 bits per heavy atom. The molecular formula is C11H6Cl2FN. The number of benzene rings is 1. The lowest BCUT2D eigenvalue weighted by Gasteiger charge is -2.03. The number of pyridine rings is 1. The van der Waals surface area contributed by atoms with E-state index < -0.39 is 0 Å². The Kier molecular flexibility index (Phi) is 2.89. The molecule has 0 fully saturated rings. The van der Waals surface area contributed by atoms with E-state index in [0.717, 1.165) is 0 Å². The van der Waals surface area contributed by atoms with Crippen molar-refractivity contribution in [1.29, 1.82) is 0 Å². The van der Waals surface area contributed by atoms with Crippen LogP contribution in [0.1, 0.15) is 0 Å². The van der Waals surface area contributed by atoms with Crippen LogP contribution in [-0.2, 0) is 0 Å². The lowest BCUT2D eigenvalue weighted by Crippen LogP contribution is -1.85. The minimum Gasteiger partial charge on any atom is -0.256 e. The predicted octanol–water partition coefficient (Wildman–Crippen LogP) is 4.19. The molecule has 0 aliphatic carbocycles. The maximum absolute atomic E-state index is 13.0. The Morgan fingerprint density at radius 1 is 1.07 bits per heavy atom. The van der Waals surface area contributed by atoms with Crippen molar-refractivity contribution in [1.82, 2.24) is 4.98 Å². The first kappa shape index (κ1) is 10.4. The molecule has 1 aromatic heterocycles. The second-order valence-electron chi connectivity index (χ2n) is 2.98. The largest absolute Gasteiger partial charge is 0.256 e. The van der Waals surface area contributed by atoms with E-state index in [-0.39, 0.29) is 5.82 Å². The summed E-state index contributed by atoms with van der Waals surface area (Å²) in [5.41, 5.74) is 1.10. The highest BCUT2D eigenvalue weighted by molar-refractivity contribution is 6.33. The van der Waals surface area contributed by atoms with E-state index in [4.69, 9.17) is 23.2 Å². The van der Waals surface area contributed by atoms with Crippen molar-refractivity contribution in [3.8, 4) is 11.3 Å². The van der Waals surface area contributed by atoms with Crippen LogP contribution in [0.3, 0.4) is 0 Å². The minimum absolute atomic E-state index is 0.351. The molecule has 0 saturated carbocycles. The third kappa shape index (κ3) is 2.28. The predicted molar refractivity (Wildman–Crippen MR) is 59.7 cm³/mol. The Labute approximate surface area is 96.5 Å². The monoisotopic (exact) mass is 241 g/mol. The molecule has 0 amide bonds. The van der Waals surface area contributed by atoms with E-state index in [9.17, 15) is 4.39 Å². The summed E-state index contributed by atoms with van der Waals surface area (Å²) in [6.45, 7) is 0. The van der Waals surface area contributed by atoms with Gasteiger partial charge in [0, 0.05) is 16.8 Å². The van der Waals surface area contributed by atoms with Crippen molar-refractivity contribution in [3.63, 3.8) is 0 Å². The van der Waals surface area contributed by atoms with Crippen molar-refractivity contribution >= 4 is 23.2 Å². The maximum atomic E-state index is 13.0. The standard InChI is InChI=1S/C11H6Cl2FN/c12-7-3-4-15-11(5-7)9-6-8(14)1-2-10(9)13/h1-6H. The maximum Gasteiger partial charge on any atom is 0.123 e. The fourth-order valence-electron chi connectivity index (χ4n) is 1.25. The lowest BCUT2D eigenvalue weighted by atomic mass is 10.1. The van der Waals surface area contributed by atoms with E-state index >= 15 is 0 Å². The molecule has 0 bridgehead atoms. The molecule has 0 spiro atoms. The number of nitrogens with zero attached hydrogens (tertiary/aromatic N) is 1. The summed E-state index contributed by atoms with van der Waals surface area (Å²) < 4.78 is 13.0. The van der Waals surface area contributed by atoms with Gasteiger partial charge in [-0.05, 0) is 30.3 Å². The highest BCUT2D eigenvalue weighted by Crippen LogP contribution is 2.28. The average molecular weight is 242 g/mol. The first-order valence-corrected chi connectivity index (χ1v) is 4.99. The minimum atomic E-state index is -0.351. The van der Waals surface area contributed by atoms with E-state index in [0.29, 0.717) is 21.3 Å². The molecule has 2 aromatic rings. The first-order valence-electron chi connectivity index (χ1n) is 4.24. The first-order chi connectivity index (χ1) is 7.16. The van der Waals surface area contributed by atoms with Crippen LogP contribution in [0.2, 0.25) is 10.0 Å². The van der Waals surface area contributed by atoms with Gasteiger partial charge in [-0.1, -0.05) is 23.2 Å². The van der Waals surface area contributed by atoms with Gasteiger partial charge < -0.3 is 0 Å². The molecule has 76 valence electrons. The summed E-state index contributed by atoms with van der Waals surface area (Å²) in [5.74, 6) is -0.351. The van der Waals surface area contributed by atoms with Crippen LogP contribution in [0.4, 0.5) is 4.39 Å². The summed E-state index contributed by atoms with van der Waals surface area (Å²) in [7, 11) is 0. The highest BCUT2D eigenvalue weighted by Gasteiger charge is 2.06. The summed E-state index contributed by atoms with van der Waals surface area (Å²) in [4.78, 5) is 4.08. The fraction of sp³-hybridized carbons (Fsp3) is 0. The number of hydrogen-bond acceptors (Lipinski definition) is 1. The molecule has 0 N–H and O–H groups in total. The molecule has 0 aliphatic heterocycles. The number of aromatic nitrogens is 1. The topological polar surface area (TPSA) is 12.9 Å². The molecule has 0 saturated heterocycles. The fourth-order valence-corrected chi connectivity index (χ4v) is 1.62. The highest BCUT2D eigenvalue weighted by atomic mass is 35.5. The summed E-state index contributed by atoms with van der Waals surface area (Å²) >= 11 is 11.7. The molecule has 0 aliphatic rings. The van der Waals surface area contributed by atoms with Crippen LogP contribution >= 0.6 is 23.2 Å². The zero-order valence-electron chi connectivity index (χ0n) is 7.55. The van der Waals surface area contributed by atoms with Crippen molar-refractivity contribution in [3.05, 3.63) is 52.4 Å². The Hall–Kier alpha value is -1.12. The van der Waals surface area contributed by atoms with Gasteiger partial charge in [-0.3, -0.25) is 4.98 Å². The molecule has 1 heterocycles. The Bertz CT molecular complexity index is 500.